The molecule has 3 heterocycles. The first-order chi connectivity index (χ1) is 21.9. The van der Waals surface area contributed by atoms with Crippen LogP contribution < -0.4 is 10.2 Å². The second-order valence-corrected chi connectivity index (χ2v) is 15.0. The minimum atomic E-state index is -1.19. The zero-order valence-electron chi connectivity index (χ0n) is 27.3. The Balaban J connectivity index is 1.32. The summed E-state index contributed by atoms with van der Waals surface area (Å²) < 4.78 is 1.08. The van der Waals surface area contributed by atoms with Gasteiger partial charge in [0.15, 0.2) is 0 Å². The Bertz CT molecular complexity index is 1710. The van der Waals surface area contributed by atoms with E-state index in [0.29, 0.717) is 6.54 Å². The molecule has 9 heteroatoms. The van der Waals surface area contributed by atoms with Gasteiger partial charge in [-0.05, 0) is 90.1 Å². The summed E-state index contributed by atoms with van der Waals surface area (Å²) in [5.41, 5.74) is 6.96. The van der Waals surface area contributed by atoms with Crippen LogP contribution in [0.15, 0.2) is 71.2 Å². The number of hydrogen-bond acceptors (Lipinski definition) is 4. The van der Waals surface area contributed by atoms with Crippen molar-refractivity contribution in [2.24, 2.45) is 5.92 Å². The van der Waals surface area contributed by atoms with Crippen molar-refractivity contribution in [3.8, 4) is 0 Å². The molecule has 2 saturated heterocycles. The number of hydrogen-bond donors (Lipinski definition) is 3. The van der Waals surface area contributed by atoms with Crippen LogP contribution in [0.3, 0.4) is 0 Å². The third-order valence-corrected chi connectivity index (χ3v) is 10.2. The van der Waals surface area contributed by atoms with E-state index in [1.807, 2.05) is 13.8 Å². The number of carbonyl (C=O) groups excluding carboxylic acids is 1. The van der Waals surface area contributed by atoms with Gasteiger partial charge in [-0.25, -0.2) is 9.78 Å². The minimum Gasteiger partial charge on any atom is -0.465 e. The standard InChI is InChI=1S/C37H44BrN5O3/c1-22(2)33(41-36(45)46)35(44)42-20-6-7-32(42)34-39-28-17-10-24(21-29(28)40-34)31-19-18-30(23-8-13-26(38)14-9-23)43(31)27-15-11-25(12-16-27)37(3,4)5/h8-17,21-22,30-33,41H,6-7,18-20H2,1-5H3,(H,39,40)(H,45,46)/t30?,31?,32-,33-/m0/s1. The monoisotopic (exact) mass is 685 g/mol. The van der Waals surface area contributed by atoms with Gasteiger partial charge in [0, 0.05) is 16.7 Å². The largest absolute Gasteiger partial charge is 0.465 e. The highest BCUT2D eigenvalue weighted by atomic mass is 79.9. The molecular weight excluding hydrogens is 642 g/mol. The van der Waals surface area contributed by atoms with Crippen molar-refractivity contribution in [3.63, 3.8) is 0 Å². The van der Waals surface area contributed by atoms with Gasteiger partial charge in [0.05, 0.1) is 29.2 Å². The van der Waals surface area contributed by atoms with Crippen molar-refractivity contribution in [1.29, 1.82) is 0 Å². The molecule has 3 aromatic carbocycles. The van der Waals surface area contributed by atoms with Crippen LogP contribution >= 0.6 is 15.9 Å². The van der Waals surface area contributed by atoms with Gasteiger partial charge in [-0.3, -0.25) is 4.79 Å². The number of amides is 2. The number of halogens is 1. The predicted molar refractivity (Wildman–Crippen MR) is 186 cm³/mol. The Morgan fingerprint density at radius 3 is 2.22 bits per heavy atom. The average molecular weight is 687 g/mol. The van der Waals surface area contributed by atoms with Gasteiger partial charge in [0.25, 0.3) is 0 Å². The first-order valence-electron chi connectivity index (χ1n) is 16.3. The molecule has 2 fully saturated rings. The van der Waals surface area contributed by atoms with Gasteiger partial charge in [0.1, 0.15) is 11.9 Å². The Kier molecular flexibility index (Phi) is 8.89. The van der Waals surface area contributed by atoms with Crippen molar-refractivity contribution >= 4 is 44.7 Å². The Labute approximate surface area is 279 Å². The normalized spacial score (nSPS) is 20.9. The number of carbonyl (C=O) groups is 2. The molecule has 0 bridgehead atoms. The summed E-state index contributed by atoms with van der Waals surface area (Å²) in [4.78, 5) is 37.8. The summed E-state index contributed by atoms with van der Waals surface area (Å²) in [6.45, 7) is 11.0. The molecule has 4 atom stereocenters. The Hall–Kier alpha value is -3.85. The number of aromatic amines is 1. The molecule has 6 rings (SSSR count). The summed E-state index contributed by atoms with van der Waals surface area (Å²) in [6, 6.07) is 23.7. The molecule has 2 unspecified atom stereocenters. The lowest BCUT2D eigenvalue weighted by atomic mass is 9.87. The maximum Gasteiger partial charge on any atom is 0.405 e. The fourth-order valence-electron chi connectivity index (χ4n) is 7.20. The molecule has 0 spiro atoms. The quantitative estimate of drug-likeness (QED) is 0.181. The van der Waals surface area contributed by atoms with Crippen LogP contribution in [0, 0.1) is 5.92 Å². The van der Waals surface area contributed by atoms with Crippen LogP contribution in [-0.2, 0) is 10.2 Å². The smallest absolute Gasteiger partial charge is 0.405 e. The second-order valence-electron chi connectivity index (χ2n) is 14.1. The molecule has 2 aliphatic heterocycles. The van der Waals surface area contributed by atoms with Crippen molar-refractivity contribution < 1.29 is 14.7 Å². The average Bonchev–Trinajstić information content (AvgIpc) is 3.77. The minimum absolute atomic E-state index is 0.0827. The number of rotatable bonds is 7. The lowest BCUT2D eigenvalue weighted by Gasteiger charge is -2.34. The highest BCUT2D eigenvalue weighted by Gasteiger charge is 2.38. The molecule has 3 N–H and O–H groups in total. The van der Waals surface area contributed by atoms with Gasteiger partial charge in [-0.15, -0.1) is 0 Å². The van der Waals surface area contributed by atoms with E-state index >= 15 is 0 Å². The van der Waals surface area contributed by atoms with Crippen LogP contribution in [0.1, 0.15) is 101 Å². The van der Waals surface area contributed by atoms with Crippen LogP contribution in [0.2, 0.25) is 0 Å². The first kappa shape index (κ1) is 32.1. The Morgan fingerprint density at radius 2 is 1.59 bits per heavy atom. The van der Waals surface area contributed by atoms with E-state index in [1.54, 1.807) is 4.90 Å². The molecule has 2 aliphatic rings. The molecule has 0 radical (unpaired) electrons. The van der Waals surface area contributed by atoms with Crippen molar-refractivity contribution in [2.75, 3.05) is 11.4 Å². The van der Waals surface area contributed by atoms with Crippen LogP contribution in [0.5, 0.6) is 0 Å². The third-order valence-electron chi connectivity index (χ3n) is 9.64. The van der Waals surface area contributed by atoms with Crippen LogP contribution in [0.4, 0.5) is 10.5 Å². The predicted octanol–water partition coefficient (Wildman–Crippen LogP) is 8.66. The van der Waals surface area contributed by atoms with E-state index in [9.17, 15) is 14.7 Å². The van der Waals surface area contributed by atoms with Crippen molar-refractivity contribution in [3.05, 3.63) is 93.7 Å². The SMILES string of the molecule is CC(C)[C@H](NC(=O)O)C(=O)N1CCC[C@H]1c1nc2ccc(C3CCC(c4ccc(Br)cc4)N3c3ccc(C(C)(C)C)cc3)cc2[nH]1. The van der Waals surface area contributed by atoms with Gasteiger partial charge < -0.3 is 25.2 Å². The van der Waals surface area contributed by atoms with Gasteiger partial charge in [0.2, 0.25) is 5.91 Å². The molecule has 8 nitrogen and oxygen atoms in total. The molecular formula is C37H44BrN5O3. The first-order valence-corrected chi connectivity index (χ1v) is 17.1. The van der Waals surface area contributed by atoms with E-state index in [0.717, 1.165) is 47.0 Å². The van der Waals surface area contributed by atoms with Gasteiger partial charge in [-0.1, -0.05) is 80.9 Å². The number of anilines is 1. The summed E-state index contributed by atoms with van der Waals surface area (Å²) >= 11 is 3.60. The molecule has 242 valence electrons. The number of imidazole rings is 1. The highest BCUT2D eigenvalue weighted by molar-refractivity contribution is 9.10. The number of H-pyrrole nitrogens is 1. The van der Waals surface area contributed by atoms with E-state index in [4.69, 9.17) is 4.98 Å². The van der Waals surface area contributed by atoms with E-state index in [2.05, 4.69) is 119 Å². The van der Waals surface area contributed by atoms with Gasteiger partial charge >= 0.3 is 6.09 Å². The fourth-order valence-corrected chi connectivity index (χ4v) is 7.46. The van der Waals surface area contributed by atoms with Crippen molar-refractivity contribution in [1.82, 2.24) is 20.2 Å². The number of aromatic nitrogens is 2. The van der Waals surface area contributed by atoms with E-state index < -0.39 is 12.1 Å². The fraction of sp³-hybridized carbons (Fsp3) is 0.432. The zero-order chi connectivity index (χ0) is 32.7. The Morgan fingerprint density at radius 1 is 0.935 bits per heavy atom. The van der Waals surface area contributed by atoms with Crippen LogP contribution in [0.25, 0.3) is 11.0 Å². The highest BCUT2D eigenvalue weighted by Crippen LogP contribution is 2.47. The maximum absolute atomic E-state index is 13.5. The summed E-state index contributed by atoms with van der Waals surface area (Å²) in [5.74, 6) is 0.395. The number of likely N-dealkylation sites (tertiary alicyclic amines) is 1. The van der Waals surface area contributed by atoms with Crippen molar-refractivity contribution in [2.45, 2.75) is 89.9 Å². The molecule has 46 heavy (non-hydrogen) atoms. The molecule has 0 saturated carbocycles. The molecule has 2 amide bonds. The summed E-state index contributed by atoms with van der Waals surface area (Å²) in [6.07, 6.45) is 2.50. The summed E-state index contributed by atoms with van der Waals surface area (Å²) in [7, 11) is 0. The maximum atomic E-state index is 13.5. The topological polar surface area (TPSA) is 102 Å². The lowest BCUT2D eigenvalue weighted by molar-refractivity contribution is -0.135. The van der Waals surface area contributed by atoms with E-state index in [1.165, 1.54) is 22.4 Å². The number of benzene rings is 3. The second kappa shape index (κ2) is 12.7. The lowest BCUT2D eigenvalue weighted by Crippen LogP contribution is -2.50. The van der Waals surface area contributed by atoms with E-state index in [-0.39, 0.29) is 35.4 Å². The third kappa shape index (κ3) is 6.39. The molecule has 0 aliphatic carbocycles. The zero-order valence-corrected chi connectivity index (χ0v) is 28.8. The van der Waals surface area contributed by atoms with Gasteiger partial charge in [-0.2, -0.15) is 0 Å². The summed E-state index contributed by atoms with van der Waals surface area (Å²) in [5, 5.41) is 11.8. The molecule has 4 aromatic rings. The number of nitrogens with one attached hydrogen (secondary N) is 2. The molecule has 1 aromatic heterocycles. The number of fused-ring (bicyclic) bond motifs is 1. The van der Waals surface area contributed by atoms with Crippen LogP contribution in [-0.4, -0.2) is 44.6 Å². The number of carboxylic acid groups (broad SMARTS) is 1. The number of nitrogens with zero attached hydrogens (tertiary/aromatic N) is 3.